The van der Waals surface area contributed by atoms with Crippen LogP contribution in [0.2, 0.25) is 0 Å². The maximum absolute atomic E-state index is 12.2. The summed E-state index contributed by atoms with van der Waals surface area (Å²) >= 11 is 1.18. The third kappa shape index (κ3) is 5.88. The normalized spacial score (nSPS) is 10.9. The second-order valence-electron chi connectivity index (χ2n) is 7.72. The van der Waals surface area contributed by atoms with Gasteiger partial charge in [-0.05, 0) is 61.2 Å². The van der Waals surface area contributed by atoms with Gasteiger partial charge < -0.3 is 15.9 Å². The Morgan fingerprint density at radius 1 is 1.16 bits per heavy atom. The van der Waals surface area contributed by atoms with E-state index in [1.54, 1.807) is 24.3 Å². The van der Waals surface area contributed by atoms with E-state index >= 15 is 0 Å². The number of nitrogen functional groups attached to an aromatic ring is 1. The summed E-state index contributed by atoms with van der Waals surface area (Å²) in [5.41, 5.74) is 3.43. The smallest absolute Gasteiger partial charge is 0.234 e. The molecule has 0 unspecified atom stereocenters. The van der Waals surface area contributed by atoms with E-state index in [0.29, 0.717) is 28.1 Å². The summed E-state index contributed by atoms with van der Waals surface area (Å²) in [7, 11) is 0. The number of ether oxygens (including phenoxy) is 1. The fourth-order valence-corrected chi connectivity index (χ4v) is 3.68. The van der Waals surface area contributed by atoms with E-state index in [0.717, 1.165) is 16.9 Å². The predicted octanol–water partition coefficient (Wildman–Crippen LogP) is 3.94. The number of carbonyl (C=O) groups is 2. The highest BCUT2D eigenvalue weighted by Crippen LogP contribution is 2.28. The Labute approximate surface area is 191 Å². The molecule has 2 aromatic carbocycles. The first-order chi connectivity index (χ1) is 15.2. The maximum Gasteiger partial charge on any atom is 0.234 e. The van der Waals surface area contributed by atoms with Gasteiger partial charge in [-0.2, -0.15) is 0 Å². The van der Waals surface area contributed by atoms with E-state index in [-0.39, 0.29) is 24.1 Å². The molecule has 32 heavy (non-hydrogen) atoms. The van der Waals surface area contributed by atoms with Crippen molar-refractivity contribution in [2.75, 3.05) is 16.9 Å². The van der Waals surface area contributed by atoms with Crippen molar-refractivity contribution in [2.24, 2.45) is 0 Å². The molecule has 1 heterocycles. The fraction of sp³-hybridized carbons (Fsp3) is 0.304. The minimum Gasteiger partial charge on any atom is -0.485 e. The minimum atomic E-state index is -0.215. The van der Waals surface area contributed by atoms with Crippen molar-refractivity contribution in [2.45, 2.75) is 45.4 Å². The lowest BCUT2D eigenvalue weighted by atomic mass is 10.0. The predicted molar refractivity (Wildman–Crippen MR) is 126 cm³/mol. The van der Waals surface area contributed by atoms with Crippen LogP contribution >= 0.6 is 11.8 Å². The Hall–Kier alpha value is -3.33. The Balaban J connectivity index is 1.56. The summed E-state index contributed by atoms with van der Waals surface area (Å²) in [6, 6.07) is 12.9. The number of aromatic nitrogens is 3. The molecule has 0 radical (unpaired) electrons. The largest absolute Gasteiger partial charge is 0.485 e. The number of Topliss-reactive ketones (excluding diaryl/α,β-unsaturated/α-hetero) is 1. The second-order valence-corrected chi connectivity index (χ2v) is 8.67. The van der Waals surface area contributed by atoms with Crippen molar-refractivity contribution < 1.29 is 14.3 Å². The Morgan fingerprint density at radius 3 is 2.53 bits per heavy atom. The van der Waals surface area contributed by atoms with E-state index in [1.807, 2.05) is 13.0 Å². The van der Waals surface area contributed by atoms with Gasteiger partial charge in [-0.1, -0.05) is 37.7 Å². The molecule has 8 nitrogen and oxygen atoms in total. The van der Waals surface area contributed by atoms with Crippen LogP contribution in [0.3, 0.4) is 0 Å². The fourth-order valence-electron chi connectivity index (χ4n) is 3.01. The number of hydrogen-bond donors (Lipinski definition) is 2. The SMILES string of the molecule is CC(=O)c1ccc(NC(=O)CSc2nnc(COc3cc(C)ccc3C(C)C)n2N)cc1. The number of thioether (sulfide) groups is 1. The number of anilines is 1. The van der Waals surface area contributed by atoms with Crippen LogP contribution in [0.1, 0.15) is 54.0 Å². The Morgan fingerprint density at radius 2 is 1.88 bits per heavy atom. The number of amides is 1. The van der Waals surface area contributed by atoms with Gasteiger partial charge >= 0.3 is 0 Å². The summed E-state index contributed by atoms with van der Waals surface area (Å²) < 4.78 is 7.31. The second kappa shape index (κ2) is 10.3. The third-order valence-electron chi connectivity index (χ3n) is 4.79. The molecular weight excluding hydrogens is 426 g/mol. The zero-order chi connectivity index (χ0) is 23.3. The molecule has 0 saturated carbocycles. The van der Waals surface area contributed by atoms with E-state index in [9.17, 15) is 9.59 Å². The van der Waals surface area contributed by atoms with E-state index in [2.05, 4.69) is 41.5 Å². The van der Waals surface area contributed by atoms with Gasteiger partial charge in [0, 0.05) is 11.3 Å². The zero-order valence-corrected chi connectivity index (χ0v) is 19.4. The standard InChI is InChI=1S/C23H27N5O3S/c1-14(2)19-10-5-15(3)11-20(19)31-12-21-26-27-23(28(21)24)32-13-22(30)25-18-8-6-17(7-9-18)16(4)29/h5-11,14H,12-13,24H2,1-4H3,(H,25,30). The molecule has 0 atom stereocenters. The highest BCUT2D eigenvalue weighted by molar-refractivity contribution is 7.99. The van der Waals surface area contributed by atoms with Crippen molar-refractivity contribution in [3.8, 4) is 5.75 Å². The van der Waals surface area contributed by atoms with E-state index < -0.39 is 0 Å². The Bertz CT molecular complexity index is 1110. The number of nitrogens with two attached hydrogens (primary N) is 1. The van der Waals surface area contributed by atoms with Crippen molar-refractivity contribution in [1.29, 1.82) is 0 Å². The van der Waals surface area contributed by atoms with Gasteiger partial charge in [-0.25, -0.2) is 4.68 Å². The molecule has 0 fully saturated rings. The van der Waals surface area contributed by atoms with E-state index in [1.165, 1.54) is 23.4 Å². The van der Waals surface area contributed by atoms with Crippen LogP contribution < -0.4 is 15.9 Å². The number of aryl methyl sites for hydroxylation is 1. The summed E-state index contributed by atoms with van der Waals surface area (Å²) in [4.78, 5) is 23.6. The average Bonchev–Trinajstić information content (AvgIpc) is 3.10. The van der Waals surface area contributed by atoms with Gasteiger partial charge in [-0.3, -0.25) is 9.59 Å². The van der Waals surface area contributed by atoms with Crippen LogP contribution in [0.25, 0.3) is 0 Å². The lowest BCUT2D eigenvalue weighted by Crippen LogP contribution is -2.18. The lowest BCUT2D eigenvalue weighted by molar-refractivity contribution is -0.113. The van der Waals surface area contributed by atoms with Crippen LogP contribution in [0.4, 0.5) is 5.69 Å². The number of nitrogens with zero attached hydrogens (tertiary/aromatic N) is 3. The summed E-state index contributed by atoms with van der Waals surface area (Å²) in [5, 5.41) is 11.4. The van der Waals surface area contributed by atoms with Crippen LogP contribution in [0.15, 0.2) is 47.6 Å². The third-order valence-corrected chi connectivity index (χ3v) is 5.73. The number of rotatable bonds is 9. The molecule has 3 rings (SSSR count). The van der Waals surface area contributed by atoms with E-state index in [4.69, 9.17) is 10.6 Å². The van der Waals surface area contributed by atoms with Crippen molar-refractivity contribution in [3.63, 3.8) is 0 Å². The van der Waals surface area contributed by atoms with Crippen molar-refractivity contribution in [1.82, 2.24) is 14.9 Å². The number of nitrogens with one attached hydrogen (secondary N) is 1. The number of ketones is 1. The first-order valence-electron chi connectivity index (χ1n) is 10.2. The van der Waals surface area contributed by atoms with Gasteiger partial charge in [0.05, 0.1) is 5.75 Å². The molecule has 0 aliphatic rings. The molecule has 3 N–H and O–H groups in total. The average molecular weight is 454 g/mol. The highest BCUT2D eigenvalue weighted by atomic mass is 32.2. The Kier molecular flexibility index (Phi) is 7.53. The lowest BCUT2D eigenvalue weighted by Gasteiger charge is -2.14. The molecule has 3 aromatic rings. The molecule has 0 aliphatic carbocycles. The topological polar surface area (TPSA) is 112 Å². The molecule has 0 spiro atoms. The zero-order valence-electron chi connectivity index (χ0n) is 18.6. The highest BCUT2D eigenvalue weighted by Gasteiger charge is 2.15. The van der Waals surface area contributed by atoms with Crippen LogP contribution in [-0.2, 0) is 11.4 Å². The van der Waals surface area contributed by atoms with Gasteiger partial charge in [-0.15, -0.1) is 10.2 Å². The summed E-state index contributed by atoms with van der Waals surface area (Å²) in [6.07, 6.45) is 0. The van der Waals surface area contributed by atoms with Crippen LogP contribution in [0, 0.1) is 6.92 Å². The summed E-state index contributed by atoms with van der Waals surface area (Å²) in [6.45, 7) is 7.90. The van der Waals surface area contributed by atoms with Gasteiger partial charge in [0.2, 0.25) is 11.1 Å². The molecule has 1 amide bonds. The van der Waals surface area contributed by atoms with Gasteiger partial charge in [0.15, 0.2) is 11.6 Å². The first-order valence-corrected chi connectivity index (χ1v) is 11.2. The number of carbonyl (C=O) groups excluding carboxylic acids is 2. The number of hydrogen-bond acceptors (Lipinski definition) is 7. The summed E-state index contributed by atoms with van der Waals surface area (Å²) in [5.74, 6) is 7.56. The molecule has 0 bridgehead atoms. The molecule has 0 aliphatic heterocycles. The molecule has 9 heteroatoms. The van der Waals surface area contributed by atoms with Crippen molar-refractivity contribution in [3.05, 3.63) is 65.0 Å². The molecular formula is C23H27N5O3S. The minimum absolute atomic E-state index is 0.0247. The van der Waals surface area contributed by atoms with Crippen LogP contribution in [0.5, 0.6) is 5.75 Å². The first kappa shape index (κ1) is 23.3. The van der Waals surface area contributed by atoms with Crippen LogP contribution in [-0.4, -0.2) is 32.3 Å². The van der Waals surface area contributed by atoms with Gasteiger partial charge in [0.1, 0.15) is 12.4 Å². The molecule has 168 valence electrons. The quantitative estimate of drug-likeness (QED) is 0.287. The number of benzene rings is 2. The van der Waals surface area contributed by atoms with Gasteiger partial charge in [0.25, 0.3) is 0 Å². The maximum atomic E-state index is 12.2. The van der Waals surface area contributed by atoms with Crippen molar-refractivity contribution >= 4 is 29.1 Å². The molecule has 0 saturated heterocycles. The monoisotopic (exact) mass is 453 g/mol. The molecule has 1 aromatic heterocycles.